The summed E-state index contributed by atoms with van der Waals surface area (Å²) in [6.45, 7) is 3.45. The second-order valence-electron chi connectivity index (χ2n) is 4.24. The van der Waals surface area contributed by atoms with Crippen LogP contribution < -0.4 is 10.0 Å². The van der Waals surface area contributed by atoms with Gasteiger partial charge in [-0.3, -0.25) is 14.9 Å². The molecule has 0 radical (unpaired) electrons. The van der Waals surface area contributed by atoms with E-state index in [2.05, 4.69) is 10.0 Å². The van der Waals surface area contributed by atoms with Crippen molar-refractivity contribution in [1.82, 2.24) is 14.3 Å². The van der Waals surface area contributed by atoms with Crippen LogP contribution in [0.4, 0.5) is 0 Å². The molecule has 0 aromatic heterocycles. The lowest BCUT2D eigenvalue weighted by atomic mass is 10.1. The topological polar surface area (TPSA) is 95.6 Å². The van der Waals surface area contributed by atoms with Gasteiger partial charge in [0.05, 0.1) is 0 Å². The summed E-state index contributed by atoms with van der Waals surface area (Å²) in [6, 6.07) is -1.08. The molecule has 98 valence electrons. The molecule has 1 aliphatic rings. The Kier molecular flexibility index (Phi) is 4.23. The maximum absolute atomic E-state index is 11.8. The quantitative estimate of drug-likeness (QED) is 0.634. The predicted octanol–water partition coefficient (Wildman–Crippen LogP) is -1.03. The highest BCUT2D eigenvalue weighted by atomic mass is 32.2. The summed E-state index contributed by atoms with van der Waals surface area (Å²) in [5.74, 6) is -0.968. The summed E-state index contributed by atoms with van der Waals surface area (Å²) in [5.41, 5.74) is 0. The molecule has 1 heterocycles. The first-order valence-corrected chi connectivity index (χ1v) is 6.77. The molecule has 0 aromatic rings. The molecule has 0 saturated carbocycles. The molecule has 0 bridgehead atoms. The molecule has 7 nitrogen and oxygen atoms in total. The van der Waals surface area contributed by atoms with E-state index in [1.54, 1.807) is 13.8 Å². The van der Waals surface area contributed by atoms with Crippen LogP contribution in [0.15, 0.2) is 0 Å². The lowest BCUT2D eigenvalue weighted by Crippen LogP contribution is -2.55. The highest BCUT2D eigenvalue weighted by molar-refractivity contribution is 7.87. The van der Waals surface area contributed by atoms with Gasteiger partial charge >= 0.3 is 0 Å². The van der Waals surface area contributed by atoms with Gasteiger partial charge in [0, 0.05) is 19.5 Å². The molecule has 17 heavy (non-hydrogen) atoms. The Bertz CT molecular complexity index is 418. The molecule has 1 unspecified atom stereocenters. The molecule has 1 saturated heterocycles. The van der Waals surface area contributed by atoms with Crippen LogP contribution in [0.25, 0.3) is 0 Å². The lowest BCUT2D eigenvalue weighted by molar-refractivity contribution is -0.134. The zero-order valence-corrected chi connectivity index (χ0v) is 10.9. The SMILES string of the molecule is CC(C)N(C)S(=O)(=O)NC1CCC(=O)NC1=O. The zero-order chi connectivity index (χ0) is 13.2. The van der Waals surface area contributed by atoms with Crippen LogP contribution in [0.3, 0.4) is 0 Å². The van der Waals surface area contributed by atoms with E-state index in [9.17, 15) is 18.0 Å². The van der Waals surface area contributed by atoms with E-state index in [0.717, 1.165) is 4.31 Å². The van der Waals surface area contributed by atoms with Crippen molar-refractivity contribution in [1.29, 1.82) is 0 Å². The molecule has 0 aliphatic carbocycles. The Labute approximate surface area is 101 Å². The second kappa shape index (κ2) is 5.11. The molecule has 0 spiro atoms. The number of imide groups is 1. The minimum Gasteiger partial charge on any atom is -0.295 e. The van der Waals surface area contributed by atoms with Crippen LogP contribution in [0.1, 0.15) is 26.7 Å². The number of carbonyl (C=O) groups is 2. The maximum atomic E-state index is 11.8. The first-order chi connectivity index (χ1) is 7.74. The van der Waals surface area contributed by atoms with Gasteiger partial charge in [-0.1, -0.05) is 0 Å². The van der Waals surface area contributed by atoms with E-state index >= 15 is 0 Å². The van der Waals surface area contributed by atoms with Crippen molar-refractivity contribution in [3.8, 4) is 0 Å². The van der Waals surface area contributed by atoms with Gasteiger partial charge in [0.15, 0.2) is 0 Å². The molecule has 1 rings (SSSR count). The van der Waals surface area contributed by atoms with E-state index < -0.39 is 22.2 Å². The standard InChI is InChI=1S/C9H17N3O4S/c1-6(2)12(3)17(15,16)11-7-4-5-8(13)10-9(7)14/h6-7,11H,4-5H2,1-3H3,(H,10,13,14). The van der Waals surface area contributed by atoms with E-state index in [-0.39, 0.29) is 24.8 Å². The van der Waals surface area contributed by atoms with Crippen molar-refractivity contribution in [2.75, 3.05) is 7.05 Å². The molecular weight excluding hydrogens is 246 g/mol. The maximum Gasteiger partial charge on any atom is 0.280 e. The molecule has 1 atom stereocenters. The minimum absolute atomic E-state index is 0.143. The average Bonchev–Trinajstić information content (AvgIpc) is 2.21. The minimum atomic E-state index is -3.70. The Balaban J connectivity index is 2.71. The van der Waals surface area contributed by atoms with E-state index in [4.69, 9.17) is 0 Å². The molecular formula is C9H17N3O4S. The van der Waals surface area contributed by atoms with Crippen LogP contribution in [-0.4, -0.2) is 43.7 Å². The van der Waals surface area contributed by atoms with E-state index in [1.807, 2.05) is 0 Å². The van der Waals surface area contributed by atoms with E-state index in [0.29, 0.717) is 0 Å². The smallest absolute Gasteiger partial charge is 0.280 e. The largest absolute Gasteiger partial charge is 0.295 e. The number of hydrogen-bond acceptors (Lipinski definition) is 4. The second-order valence-corrected chi connectivity index (χ2v) is 6.00. The number of piperidine rings is 1. The number of amides is 2. The van der Waals surface area contributed by atoms with Crippen molar-refractivity contribution >= 4 is 22.0 Å². The Morgan fingerprint density at radius 2 is 2.00 bits per heavy atom. The van der Waals surface area contributed by atoms with Gasteiger partial charge in [-0.2, -0.15) is 17.4 Å². The van der Waals surface area contributed by atoms with Crippen molar-refractivity contribution < 1.29 is 18.0 Å². The highest BCUT2D eigenvalue weighted by Gasteiger charge is 2.32. The van der Waals surface area contributed by atoms with Gasteiger partial charge in [-0.25, -0.2) is 0 Å². The monoisotopic (exact) mass is 263 g/mol. The van der Waals surface area contributed by atoms with Gasteiger partial charge in [-0.05, 0) is 20.3 Å². The summed E-state index contributed by atoms with van der Waals surface area (Å²) >= 11 is 0. The van der Waals surface area contributed by atoms with Gasteiger partial charge in [-0.15, -0.1) is 0 Å². The summed E-state index contributed by atoms with van der Waals surface area (Å²) in [7, 11) is -2.27. The average molecular weight is 263 g/mol. The summed E-state index contributed by atoms with van der Waals surface area (Å²) < 4.78 is 27.1. The molecule has 1 fully saturated rings. The third-order valence-corrected chi connectivity index (χ3v) is 4.40. The normalized spacial score (nSPS) is 22.1. The Morgan fingerprint density at radius 3 is 2.47 bits per heavy atom. The number of nitrogens with zero attached hydrogens (tertiary/aromatic N) is 1. The van der Waals surface area contributed by atoms with E-state index in [1.165, 1.54) is 7.05 Å². The van der Waals surface area contributed by atoms with Crippen molar-refractivity contribution in [2.24, 2.45) is 0 Å². The van der Waals surface area contributed by atoms with Crippen molar-refractivity contribution in [3.05, 3.63) is 0 Å². The Hall–Kier alpha value is -0.990. The molecule has 0 aromatic carbocycles. The highest BCUT2D eigenvalue weighted by Crippen LogP contribution is 2.08. The van der Waals surface area contributed by atoms with Crippen molar-refractivity contribution in [3.63, 3.8) is 0 Å². The number of nitrogens with one attached hydrogen (secondary N) is 2. The molecule has 1 aliphatic heterocycles. The van der Waals surface area contributed by atoms with Crippen LogP contribution in [0, 0.1) is 0 Å². The fourth-order valence-corrected chi connectivity index (χ4v) is 2.65. The fourth-order valence-electron chi connectivity index (χ4n) is 1.35. The summed E-state index contributed by atoms with van der Waals surface area (Å²) in [6.07, 6.45) is 0.333. The van der Waals surface area contributed by atoms with Crippen LogP contribution in [-0.2, 0) is 19.8 Å². The summed E-state index contributed by atoms with van der Waals surface area (Å²) in [4.78, 5) is 22.3. The summed E-state index contributed by atoms with van der Waals surface area (Å²) in [5, 5.41) is 2.10. The van der Waals surface area contributed by atoms with Gasteiger partial charge in [0.1, 0.15) is 6.04 Å². The van der Waals surface area contributed by atoms with Gasteiger partial charge in [0.2, 0.25) is 11.8 Å². The number of rotatable bonds is 4. The predicted molar refractivity (Wildman–Crippen MR) is 61.1 cm³/mol. The number of hydrogen-bond donors (Lipinski definition) is 2. The zero-order valence-electron chi connectivity index (χ0n) is 10.1. The van der Waals surface area contributed by atoms with Gasteiger partial charge in [0.25, 0.3) is 10.2 Å². The molecule has 2 N–H and O–H groups in total. The lowest BCUT2D eigenvalue weighted by Gasteiger charge is -2.26. The van der Waals surface area contributed by atoms with Crippen LogP contribution >= 0.6 is 0 Å². The third kappa shape index (κ3) is 3.48. The Morgan fingerprint density at radius 1 is 1.41 bits per heavy atom. The first-order valence-electron chi connectivity index (χ1n) is 5.33. The molecule has 8 heteroatoms. The molecule has 2 amide bonds. The van der Waals surface area contributed by atoms with Crippen LogP contribution in [0.2, 0.25) is 0 Å². The number of carbonyl (C=O) groups excluding carboxylic acids is 2. The fraction of sp³-hybridized carbons (Fsp3) is 0.778. The van der Waals surface area contributed by atoms with Gasteiger partial charge < -0.3 is 0 Å². The van der Waals surface area contributed by atoms with Crippen LogP contribution in [0.5, 0.6) is 0 Å². The first kappa shape index (κ1) is 14.1. The third-order valence-electron chi connectivity index (χ3n) is 2.64. The van der Waals surface area contributed by atoms with Crippen molar-refractivity contribution in [2.45, 2.75) is 38.8 Å².